The number of ether oxygens (including phenoxy) is 3. The molecule has 1 aromatic rings. The average molecular weight is 431 g/mol. The first-order chi connectivity index (χ1) is 14.6. The second kappa shape index (κ2) is 9.04. The van der Waals surface area contributed by atoms with Gasteiger partial charge in [0.15, 0.2) is 0 Å². The van der Waals surface area contributed by atoms with Crippen LogP contribution in [0.4, 0.5) is 4.79 Å². The van der Waals surface area contributed by atoms with Gasteiger partial charge in [-0.15, -0.1) is 0 Å². The first-order valence-corrected chi connectivity index (χ1v) is 10.6. The first-order valence-electron chi connectivity index (χ1n) is 10.6. The van der Waals surface area contributed by atoms with Crippen molar-refractivity contribution < 1.29 is 28.9 Å². The Morgan fingerprint density at radius 2 is 1.87 bits per heavy atom. The van der Waals surface area contributed by atoms with E-state index in [4.69, 9.17) is 14.2 Å². The van der Waals surface area contributed by atoms with Crippen molar-refractivity contribution >= 4 is 12.1 Å². The summed E-state index contributed by atoms with van der Waals surface area (Å²) < 4.78 is 16.8. The number of carboxylic acids is 1. The van der Waals surface area contributed by atoms with Gasteiger partial charge in [-0.05, 0) is 70.4 Å². The number of hydrogen-bond acceptors (Lipinski definition) is 6. The smallest absolute Gasteiger partial charge is 0.411 e. The van der Waals surface area contributed by atoms with Crippen LogP contribution in [0, 0.1) is 23.2 Å². The first kappa shape index (κ1) is 22.7. The summed E-state index contributed by atoms with van der Waals surface area (Å²) in [7, 11) is 1.51. The molecule has 0 spiro atoms. The molecule has 1 aliphatic carbocycles. The molecular formula is C23H30N2O6. The van der Waals surface area contributed by atoms with Gasteiger partial charge in [0.2, 0.25) is 0 Å². The van der Waals surface area contributed by atoms with Crippen LogP contribution < -0.4 is 9.47 Å². The number of carboxylic acid groups (broad SMARTS) is 1. The monoisotopic (exact) mass is 430 g/mol. The molecule has 0 aromatic heterocycles. The molecule has 4 atom stereocenters. The third-order valence-corrected chi connectivity index (χ3v) is 5.95. The molecule has 1 amide bonds. The SMILES string of the molecule is COc1cccc(O[C@H]2CC[C@H]3CN(C(=O)OC(C)(C)C)[C@H](C(=O)O)C[C@@H]3C2)c1C#N. The van der Waals surface area contributed by atoms with E-state index in [9.17, 15) is 20.0 Å². The van der Waals surface area contributed by atoms with Gasteiger partial charge in [0.25, 0.3) is 0 Å². The Morgan fingerprint density at radius 1 is 1.16 bits per heavy atom. The number of piperidine rings is 1. The highest BCUT2D eigenvalue weighted by Crippen LogP contribution is 2.41. The van der Waals surface area contributed by atoms with Crippen LogP contribution in [0.2, 0.25) is 0 Å². The van der Waals surface area contributed by atoms with E-state index in [0.717, 1.165) is 12.8 Å². The molecule has 8 heteroatoms. The quantitative estimate of drug-likeness (QED) is 0.773. The van der Waals surface area contributed by atoms with E-state index in [1.807, 2.05) is 0 Å². The summed E-state index contributed by atoms with van der Waals surface area (Å²) in [6.07, 6.45) is 1.92. The van der Waals surface area contributed by atoms with Gasteiger partial charge < -0.3 is 19.3 Å². The lowest BCUT2D eigenvalue weighted by atomic mass is 9.72. The van der Waals surface area contributed by atoms with Gasteiger partial charge in [0, 0.05) is 6.54 Å². The molecular weight excluding hydrogens is 400 g/mol. The molecule has 1 aromatic carbocycles. The number of fused-ring (bicyclic) bond motifs is 1. The number of nitrogens with zero attached hydrogens (tertiary/aromatic N) is 2. The zero-order valence-electron chi connectivity index (χ0n) is 18.5. The summed E-state index contributed by atoms with van der Waals surface area (Å²) in [5, 5.41) is 19.2. The highest BCUT2D eigenvalue weighted by molar-refractivity contribution is 5.80. The molecule has 2 fully saturated rings. The second-order valence-corrected chi connectivity index (χ2v) is 9.24. The molecule has 1 heterocycles. The minimum absolute atomic E-state index is 0.120. The summed E-state index contributed by atoms with van der Waals surface area (Å²) in [6.45, 7) is 5.67. The molecule has 1 saturated carbocycles. The molecule has 1 N–H and O–H groups in total. The highest BCUT2D eigenvalue weighted by Gasteiger charge is 2.45. The number of amides is 1. The van der Waals surface area contributed by atoms with E-state index in [2.05, 4.69) is 6.07 Å². The average Bonchev–Trinajstić information content (AvgIpc) is 2.71. The van der Waals surface area contributed by atoms with Gasteiger partial charge in [-0.2, -0.15) is 5.26 Å². The van der Waals surface area contributed by atoms with Crippen LogP contribution in [-0.2, 0) is 9.53 Å². The molecule has 168 valence electrons. The van der Waals surface area contributed by atoms with Crippen LogP contribution in [0.3, 0.4) is 0 Å². The number of benzene rings is 1. The maximum atomic E-state index is 12.6. The largest absolute Gasteiger partial charge is 0.495 e. The molecule has 0 bridgehead atoms. The van der Waals surface area contributed by atoms with E-state index in [1.54, 1.807) is 39.0 Å². The molecule has 8 nitrogen and oxygen atoms in total. The van der Waals surface area contributed by atoms with Crippen LogP contribution in [-0.4, -0.2) is 53.5 Å². The van der Waals surface area contributed by atoms with Crippen molar-refractivity contribution in [3.63, 3.8) is 0 Å². The van der Waals surface area contributed by atoms with Crippen molar-refractivity contribution in [3.05, 3.63) is 23.8 Å². The standard InChI is InChI=1S/C23H30N2O6/c1-23(2,3)31-22(28)25-13-14-8-9-16(10-15(14)11-18(25)21(26)27)30-20-7-5-6-19(29-4)17(20)12-24/h5-7,14-16,18H,8-11,13H2,1-4H3,(H,26,27)/t14-,15-,16-,18-/m0/s1. The van der Waals surface area contributed by atoms with Gasteiger partial charge in [0.05, 0.1) is 13.2 Å². The molecule has 0 radical (unpaired) electrons. The van der Waals surface area contributed by atoms with E-state index in [0.29, 0.717) is 36.4 Å². The van der Waals surface area contributed by atoms with Gasteiger partial charge >= 0.3 is 12.1 Å². The predicted octanol–water partition coefficient (Wildman–Crippen LogP) is 3.82. The Hall–Kier alpha value is -2.95. The lowest BCUT2D eigenvalue weighted by Gasteiger charge is -2.46. The summed E-state index contributed by atoms with van der Waals surface area (Å²) in [5.74, 6) is 0.238. The van der Waals surface area contributed by atoms with Crippen LogP contribution in [0.15, 0.2) is 18.2 Å². The zero-order valence-corrected chi connectivity index (χ0v) is 18.5. The Morgan fingerprint density at radius 3 is 2.48 bits per heavy atom. The van der Waals surface area contributed by atoms with Crippen molar-refractivity contribution in [2.75, 3.05) is 13.7 Å². The van der Waals surface area contributed by atoms with Crippen molar-refractivity contribution in [2.45, 2.75) is 64.2 Å². The lowest BCUT2D eigenvalue weighted by Crippen LogP contribution is -2.56. The maximum Gasteiger partial charge on any atom is 0.411 e. The summed E-state index contributed by atoms with van der Waals surface area (Å²) in [5.41, 5.74) is -0.326. The third-order valence-electron chi connectivity index (χ3n) is 5.95. The van der Waals surface area contributed by atoms with Crippen molar-refractivity contribution in [1.82, 2.24) is 4.90 Å². The third kappa shape index (κ3) is 5.22. The molecule has 1 saturated heterocycles. The summed E-state index contributed by atoms with van der Waals surface area (Å²) in [6, 6.07) is 6.46. The van der Waals surface area contributed by atoms with Crippen molar-refractivity contribution in [3.8, 4) is 17.6 Å². The molecule has 31 heavy (non-hydrogen) atoms. The fourth-order valence-electron chi connectivity index (χ4n) is 4.54. The van der Waals surface area contributed by atoms with E-state index < -0.39 is 23.7 Å². The zero-order chi connectivity index (χ0) is 22.8. The van der Waals surface area contributed by atoms with Crippen LogP contribution in [0.1, 0.15) is 52.0 Å². The van der Waals surface area contributed by atoms with E-state index in [1.165, 1.54) is 12.0 Å². The number of nitriles is 1. The van der Waals surface area contributed by atoms with E-state index in [-0.39, 0.29) is 17.9 Å². The van der Waals surface area contributed by atoms with Crippen molar-refractivity contribution in [1.29, 1.82) is 5.26 Å². The molecule has 3 rings (SSSR count). The predicted molar refractivity (Wildman–Crippen MR) is 112 cm³/mol. The lowest BCUT2D eigenvalue weighted by molar-refractivity contribution is -0.147. The van der Waals surface area contributed by atoms with Crippen LogP contribution >= 0.6 is 0 Å². The Balaban J connectivity index is 1.71. The maximum absolute atomic E-state index is 12.6. The van der Waals surface area contributed by atoms with Crippen LogP contribution in [0.25, 0.3) is 0 Å². The fourth-order valence-corrected chi connectivity index (χ4v) is 4.54. The number of aliphatic carboxylic acids is 1. The summed E-state index contributed by atoms with van der Waals surface area (Å²) >= 11 is 0. The molecule has 2 aliphatic rings. The summed E-state index contributed by atoms with van der Waals surface area (Å²) in [4.78, 5) is 25.9. The highest BCUT2D eigenvalue weighted by atomic mass is 16.6. The number of carbonyl (C=O) groups excluding carboxylic acids is 1. The number of methoxy groups -OCH3 is 1. The van der Waals surface area contributed by atoms with E-state index >= 15 is 0 Å². The number of likely N-dealkylation sites (tertiary alicyclic amines) is 1. The van der Waals surface area contributed by atoms with Crippen LogP contribution in [0.5, 0.6) is 11.5 Å². The van der Waals surface area contributed by atoms with Gasteiger partial charge in [0.1, 0.15) is 34.8 Å². The van der Waals surface area contributed by atoms with Gasteiger partial charge in [-0.1, -0.05) is 6.07 Å². The van der Waals surface area contributed by atoms with Crippen molar-refractivity contribution in [2.24, 2.45) is 11.8 Å². The normalized spacial score (nSPS) is 25.7. The topological polar surface area (TPSA) is 109 Å². The van der Waals surface area contributed by atoms with Gasteiger partial charge in [-0.3, -0.25) is 4.90 Å². The Bertz CT molecular complexity index is 872. The fraction of sp³-hybridized carbons (Fsp3) is 0.609. The molecule has 1 aliphatic heterocycles. The minimum Gasteiger partial charge on any atom is -0.495 e. The minimum atomic E-state index is -1.02. The number of rotatable bonds is 4. The Kier molecular flexibility index (Phi) is 6.63. The number of carbonyl (C=O) groups is 2. The molecule has 0 unspecified atom stereocenters. The number of hydrogen-bond donors (Lipinski definition) is 1. The Labute approximate surface area is 182 Å². The second-order valence-electron chi connectivity index (χ2n) is 9.24. The van der Waals surface area contributed by atoms with Gasteiger partial charge in [-0.25, -0.2) is 9.59 Å².